The molecule has 2 rings (SSSR count). The minimum Gasteiger partial charge on any atom is -0.382 e. The molecule has 98 valence electrons. The molecule has 1 aliphatic carbocycles. The maximum absolute atomic E-state index is 10.8. The van der Waals surface area contributed by atoms with Crippen molar-refractivity contribution in [3.63, 3.8) is 0 Å². The van der Waals surface area contributed by atoms with Gasteiger partial charge in [0.05, 0.1) is 6.42 Å². The Kier molecular flexibility index (Phi) is 4.24. The van der Waals surface area contributed by atoms with Gasteiger partial charge in [0, 0.05) is 11.7 Å². The van der Waals surface area contributed by atoms with Crippen LogP contribution in [-0.2, 0) is 11.2 Å². The van der Waals surface area contributed by atoms with Crippen LogP contribution in [0.25, 0.3) is 0 Å². The summed E-state index contributed by atoms with van der Waals surface area (Å²) in [4.78, 5) is 10.8. The van der Waals surface area contributed by atoms with Gasteiger partial charge in [-0.2, -0.15) is 0 Å². The number of benzene rings is 1. The highest BCUT2D eigenvalue weighted by Crippen LogP contribution is 2.30. The zero-order valence-electron chi connectivity index (χ0n) is 11.0. The zero-order valence-corrected chi connectivity index (χ0v) is 11.0. The van der Waals surface area contributed by atoms with E-state index >= 15 is 0 Å². The van der Waals surface area contributed by atoms with Crippen molar-refractivity contribution in [3.8, 4) is 0 Å². The fourth-order valence-corrected chi connectivity index (χ4v) is 2.73. The molecule has 2 unspecified atom stereocenters. The van der Waals surface area contributed by atoms with Crippen LogP contribution in [0.1, 0.15) is 38.2 Å². The van der Waals surface area contributed by atoms with Crippen LogP contribution in [0.5, 0.6) is 0 Å². The lowest BCUT2D eigenvalue weighted by atomic mass is 10.1. The summed E-state index contributed by atoms with van der Waals surface area (Å²) in [6, 6.07) is 8.63. The molecule has 18 heavy (non-hydrogen) atoms. The number of hydrogen-bond acceptors (Lipinski definition) is 2. The molecule has 1 amide bonds. The average Bonchev–Trinajstić information content (AvgIpc) is 2.79. The summed E-state index contributed by atoms with van der Waals surface area (Å²) < 4.78 is 0. The smallest absolute Gasteiger partial charge is 0.221 e. The lowest BCUT2D eigenvalue weighted by Crippen LogP contribution is -2.16. The first-order chi connectivity index (χ1) is 8.67. The second-order valence-corrected chi connectivity index (χ2v) is 5.27. The molecule has 1 aromatic carbocycles. The van der Waals surface area contributed by atoms with Gasteiger partial charge >= 0.3 is 0 Å². The molecule has 0 spiro atoms. The van der Waals surface area contributed by atoms with Gasteiger partial charge < -0.3 is 11.1 Å². The van der Waals surface area contributed by atoms with Crippen LogP contribution < -0.4 is 11.1 Å². The van der Waals surface area contributed by atoms with E-state index in [1.807, 2.05) is 24.3 Å². The third-order valence-electron chi connectivity index (χ3n) is 3.82. The minimum absolute atomic E-state index is 0.280. The van der Waals surface area contributed by atoms with Crippen LogP contribution in [-0.4, -0.2) is 11.9 Å². The van der Waals surface area contributed by atoms with Gasteiger partial charge in [0.2, 0.25) is 5.91 Å². The third kappa shape index (κ3) is 3.49. The van der Waals surface area contributed by atoms with Gasteiger partial charge in [-0.3, -0.25) is 4.79 Å². The third-order valence-corrected chi connectivity index (χ3v) is 3.82. The quantitative estimate of drug-likeness (QED) is 0.839. The van der Waals surface area contributed by atoms with Crippen molar-refractivity contribution in [1.29, 1.82) is 0 Å². The zero-order chi connectivity index (χ0) is 13.0. The molecular weight excluding hydrogens is 224 g/mol. The van der Waals surface area contributed by atoms with Crippen molar-refractivity contribution in [1.82, 2.24) is 0 Å². The predicted molar refractivity (Wildman–Crippen MR) is 74.4 cm³/mol. The Labute approximate surface area is 109 Å². The van der Waals surface area contributed by atoms with E-state index in [-0.39, 0.29) is 5.91 Å². The standard InChI is InChI=1S/C15H22N2O/c1-2-11-3-8-14(9-11)17-13-6-4-12(5-7-13)10-15(16)18/h4-7,11,14,17H,2-3,8-10H2,1H3,(H2,16,18). The van der Waals surface area contributed by atoms with E-state index in [9.17, 15) is 4.79 Å². The highest BCUT2D eigenvalue weighted by Gasteiger charge is 2.22. The maximum Gasteiger partial charge on any atom is 0.221 e. The molecule has 1 aromatic rings. The SMILES string of the molecule is CCC1CCC(Nc2ccc(CC(N)=O)cc2)C1. The number of amides is 1. The molecule has 1 aliphatic rings. The van der Waals surface area contributed by atoms with Crippen LogP contribution in [0, 0.1) is 5.92 Å². The van der Waals surface area contributed by atoms with E-state index in [0.29, 0.717) is 12.5 Å². The molecule has 0 saturated heterocycles. The molecule has 1 fully saturated rings. The first-order valence-corrected chi connectivity index (χ1v) is 6.81. The highest BCUT2D eigenvalue weighted by molar-refractivity contribution is 5.76. The van der Waals surface area contributed by atoms with Crippen molar-refractivity contribution in [3.05, 3.63) is 29.8 Å². The van der Waals surface area contributed by atoms with Crippen molar-refractivity contribution < 1.29 is 4.79 Å². The number of hydrogen-bond donors (Lipinski definition) is 2. The summed E-state index contributed by atoms with van der Waals surface area (Å²) in [5.41, 5.74) is 7.29. The number of nitrogens with two attached hydrogens (primary N) is 1. The Morgan fingerprint density at radius 3 is 2.61 bits per heavy atom. The van der Waals surface area contributed by atoms with Crippen LogP contribution in [0.3, 0.4) is 0 Å². The molecule has 1 saturated carbocycles. The van der Waals surface area contributed by atoms with Crippen molar-refractivity contribution in [2.24, 2.45) is 11.7 Å². The summed E-state index contributed by atoms with van der Waals surface area (Å²) in [5, 5.41) is 3.57. The molecule has 0 aliphatic heterocycles. The van der Waals surface area contributed by atoms with Gasteiger partial charge in [-0.05, 0) is 42.9 Å². The van der Waals surface area contributed by atoms with Gasteiger partial charge in [-0.1, -0.05) is 25.5 Å². The van der Waals surface area contributed by atoms with Crippen molar-refractivity contribution in [2.45, 2.75) is 45.1 Å². The molecule has 0 radical (unpaired) electrons. The van der Waals surface area contributed by atoms with Gasteiger partial charge in [-0.15, -0.1) is 0 Å². The lowest BCUT2D eigenvalue weighted by Gasteiger charge is -2.14. The Bertz CT molecular complexity index is 399. The molecule has 3 nitrogen and oxygen atoms in total. The second-order valence-electron chi connectivity index (χ2n) is 5.27. The van der Waals surface area contributed by atoms with Crippen LogP contribution in [0.4, 0.5) is 5.69 Å². The number of anilines is 1. The Morgan fingerprint density at radius 2 is 2.06 bits per heavy atom. The van der Waals surface area contributed by atoms with E-state index in [1.165, 1.54) is 25.7 Å². The summed E-state index contributed by atoms with van der Waals surface area (Å²) in [6.45, 7) is 2.27. The van der Waals surface area contributed by atoms with Crippen LogP contribution in [0.15, 0.2) is 24.3 Å². The number of carbonyl (C=O) groups excluding carboxylic acids is 1. The first kappa shape index (κ1) is 12.9. The predicted octanol–water partition coefficient (Wildman–Crippen LogP) is 2.71. The summed E-state index contributed by atoms with van der Waals surface area (Å²) in [6.07, 6.45) is 5.49. The molecule has 0 bridgehead atoms. The normalized spacial score (nSPS) is 22.9. The fourth-order valence-electron chi connectivity index (χ4n) is 2.73. The van der Waals surface area contributed by atoms with E-state index in [2.05, 4.69) is 12.2 Å². The Morgan fingerprint density at radius 1 is 1.33 bits per heavy atom. The number of primary amides is 1. The summed E-state index contributed by atoms with van der Waals surface area (Å²) >= 11 is 0. The monoisotopic (exact) mass is 246 g/mol. The van der Waals surface area contributed by atoms with Crippen molar-refractivity contribution >= 4 is 11.6 Å². The lowest BCUT2D eigenvalue weighted by molar-refractivity contribution is -0.117. The van der Waals surface area contributed by atoms with E-state index < -0.39 is 0 Å². The number of nitrogens with one attached hydrogen (secondary N) is 1. The fraction of sp³-hybridized carbons (Fsp3) is 0.533. The molecule has 0 aromatic heterocycles. The average molecular weight is 246 g/mol. The molecular formula is C15H22N2O. The van der Waals surface area contributed by atoms with Crippen molar-refractivity contribution in [2.75, 3.05) is 5.32 Å². The Hall–Kier alpha value is -1.51. The van der Waals surface area contributed by atoms with Gasteiger partial charge in [-0.25, -0.2) is 0 Å². The Balaban J connectivity index is 1.88. The second kappa shape index (κ2) is 5.89. The van der Waals surface area contributed by atoms with Gasteiger partial charge in [0.1, 0.15) is 0 Å². The van der Waals surface area contributed by atoms with Crippen LogP contribution in [0.2, 0.25) is 0 Å². The molecule has 0 heterocycles. The number of rotatable bonds is 5. The maximum atomic E-state index is 10.8. The largest absolute Gasteiger partial charge is 0.382 e. The van der Waals surface area contributed by atoms with E-state index in [1.54, 1.807) is 0 Å². The molecule has 3 heteroatoms. The summed E-state index contributed by atoms with van der Waals surface area (Å²) in [7, 11) is 0. The highest BCUT2D eigenvalue weighted by atomic mass is 16.1. The molecule has 3 N–H and O–H groups in total. The molecule has 2 atom stereocenters. The topological polar surface area (TPSA) is 55.1 Å². The van der Waals surface area contributed by atoms with Gasteiger partial charge in [0.25, 0.3) is 0 Å². The van der Waals surface area contributed by atoms with E-state index in [0.717, 1.165) is 17.2 Å². The number of carbonyl (C=O) groups is 1. The first-order valence-electron chi connectivity index (χ1n) is 6.81. The van der Waals surface area contributed by atoms with E-state index in [4.69, 9.17) is 5.73 Å². The minimum atomic E-state index is -0.280. The summed E-state index contributed by atoms with van der Waals surface area (Å²) in [5.74, 6) is 0.605. The van der Waals surface area contributed by atoms with Crippen LogP contribution >= 0.6 is 0 Å². The van der Waals surface area contributed by atoms with Gasteiger partial charge in [0.15, 0.2) is 0 Å².